The number of carbonyl (C=O) groups excluding carboxylic acids is 1. The molecular weight excluding hydrogens is 381 g/mol. The lowest BCUT2D eigenvalue weighted by Gasteiger charge is -2.35. The number of ketones is 1. The molecule has 1 heterocycles. The first-order valence-corrected chi connectivity index (χ1v) is 10.5. The molecule has 1 aliphatic carbocycles. The molecule has 4 nitrogen and oxygen atoms in total. The summed E-state index contributed by atoms with van der Waals surface area (Å²) in [5.41, 5.74) is 0.800. The summed E-state index contributed by atoms with van der Waals surface area (Å²) in [5, 5.41) is 5.61. The number of rotatable bonds is 7. The molecule has 0 bridgehead atoms. The molecule has 3 rings (SSSR count). The van der Waals surface area contributed by atoms with Gasteiger partial charge >= 0.3 is 0 Å². The number of halogens is 2. The Kier molecular flexibility index (Phi) is 6.59. The van der Waals surface area contributed by atoms with E-state index in [9.17, 15) is 4.79 Å². The Bertz CT molecular complexity index is 770. The van der Waals surface area contributed by atoms with E-state index in [2.05, 4.69) is 23.9 Å². The molecule has 1 aromatic heterocycles. The van der Waals surface area contributed by atoms with Gasteiger partial charge in [0.15, 0.2) is 5.78 Å². The maximum absolute atomic E-state index is 13.5. The summed E-state index contributed by atoms with van der Waals surface area (Å²) in [4.78, 5) is 17.6. The maximum Gasteiger partial charge on any atom is 0.163 e. The average molecular weight is 408 g/mol. The first kappa shape index (κ1) is 20.3. The van der Waals surface area contributed by atoms with Gasteiger partial charge in [-0.1, -0.05) is 62.4 Å². The van der Waals surface area contributed by atoms with Crippen LogP contribution in [0.1, 0.15) is 64.0 Å². The number of carbonyl (C=O) groups is 1. The van der Waals surface area contributed by atoms with Gasteiger partial charge in [0.25, 0.3) is 0 Å². The van der Waals surface area contributed by atoms with Crippen molar-refractivity contribution in [3.05, 3.63) is 46.5 Å². The molecule has 1 aromatic carbocycles. The van der Waals surface area contributed by atoms with Crippen LogP contribution in [-0.4, -0.2) is 20.5 Å². The molecule has 27 heavy (non-hydrogen) atoms. The smallest absolute Gasteiger partial charge is 0.163 e. The molecule has 0 aliphatic heterocycles. The minimum atomic E-state index is -0.281. The first-order valence-electron chi connectivity index (χ1n) is 9.71. The molecule has 1 fully saturated rings. The van der Waals surface area contributed by atoms with E-state index in [1.165, 1.54) is 12.7 Å². The second-order valence-corrected chi connectivity index (χ2v) is 9.00. The maximum atomic E-state index is 13.5. The van der Waals surface area contributed by atoms with Crippen LogP contribution in [0, 0.1) is 11.3 Å². The lowest BCUT2D eigenvalue weighted by molar-refractivity contribution is -0.134. The van der Waals surface area contributed by atoms with Crippen molar-refractivity contribution in [2.24, 2.45) is 11.3 Å². The zero-order valence-corrected chi connectivity index (χ0v) is 17.5. The van der Waals surface area contributed by atoms with E-state index in [1.807, 2.05) is 12.1 Å². The predicted octanol–water partition coefficient (Wildman–Crippen LogP) is 5.93. The number of benzene rings is 1. The van der Waals surface area contributed by atoms with Crippen molar-refractivity contribution in [3.63, 3.8) is 0 Å². The van der Waals surface area contributed by atoms with E-state index >= 15 is 0 Å². The lowest BCUT2D eigenvalue weighted by atomic mass is 9.70. The minimum absolute atomic E-state index is 0.257. The zero-order valence-electron chi connectivity index (χ0n) is 16.0. The van der Waals surface area contributed by atoms with Crippen LogP contribution in [0.5, 0.6) is 0 Å². The number of nitrogens with zero attached hydrogens (tertiary/aromatic N) is 3. The van der Waals surface area contributed by atoms with Crippen LogP contribution in [0.15, 0.2) is 30.9 Å². The van der Waals surface area contributed by atoms with Crippen molar-refractivity contribution in [1.82, 2.24) is 14.8 Å². The summed E-state index contributed by atoms with van der Waals surface area (Å²) in [6, 6.07) is 5.32. The molecule has 0 spiro atoms. The molecule has 6 heteroatoms. The minimum Gasteiger partial charge on any atom is -0.297 e. The molecule has 1 aliphatic rings. The fourth-order valence-corrected chi connectivity index (χ4v) is 4.71. The Balaban J connectivity index is 1.76. The number of hydrogen-bond donors (Lipinski definition) is 0. The lowest BCUT2D eigenvalue weighted by Crippen LogP contribution is -2.37. The van der Waals surface area contributed by atoms with Crippen LogP contribution in [0.2, 0.25) is 10.0 Å². The third-order valence-corrected chi connectivity index (χ3v) is 6.41. The SMILES string of the molecule is CC(Cc1ccc(Cl)cc1Cl)CC(C(=O)C1(C)CCCCC1)n1cncn1. The van der Waals surface area contributed by atoms with Crippen LogP contribution in [0.3, 0.4) is 0 Å². The molecule has 0 radical (unpaired) electrons. The molecule has 146 valence electrons. The summed E-state index contributed by atoms with van der Waals surface area (Å²) in [7, 11) is 0. The standard InChI is InChI=1S/C21H27Cl2N3O/c1-15(10-16-6-7-17(22)12-18(16)23)11-19(26-14-24-13-25-26)20(27)21(2)8-4-3-5-9-21/h6-7,12-15,19H,3-5,8-11H2,1-2H3. The van der Waals surface area contributed by atoms with Gasteiger partial charge in [0, 0.05) is 15.5 Å². The first-order chi connectivity index (χ1) is 12.9. The van der Waals surface area contributed by atoms with Gasteiger partial charge in [-0.25, -0.2) is 9.67 Å². The fourth-order valence-electron chi connectivity index (χ4n) is 4.22. The molecule has 0 amide bonds. The van der Waals surface area contributed by atoms with Crippen molar-refractivity contribution >= 4 is 29.0 Å². The fraction of sp³-hybridized carbons (Fsp3) is 0.571. The van der Waals surface area contributed by atoms with Crippen LogP contribution >= 0.6 is 23.2 Å². The van der Waals surface area contributed by atoms with Gasteiger partial charge in [0.1, 0.15) is 18.7 Å². The van der Waals surface area contributed by atoms with Gasteiger partial charge in [0.05, 0.1) is 0 Å². The number of Topliss-reactive ketones (excluding diaryl/α,β-unsaturated/α-hetero) is 1. The van der Waals surface area contributed by atoms with E-state index in [1.54, 1.807) is 17.1 Å². The average Bonchev–Trinajstić information content (AvgIpc) is 3.16. The van der Waals surface area contributed by atoms with Gasteiger partial charge < -0.3 is 0 Å². The van der Waals surface area contributed by atoms with E-state index in [-0.39, 0.29) is 17.4 Å². The molecule has 0 saturated heterocycles. The quantitative estimate of drug-likeness (QED) is 0.570. The van der Waals surface area contributed by atoms with Crippen molar-refractivity contribution in [2.75, 3.05) is 0 Å². The third-order valence-electron chi connectivity index (χ3n) is 5.82. The second-order valence-electron chi connectivity index (χ2n) is 8.16. The van der Waals surface area contributed by atoms with Gasteiger partial charge in [-0.15, -0.1) is 0 Å². The Labute approximate surface area is 171 Å². The van der Waals surface area contributed by atoms with Gasteiger partial charge in [-0.2, -0.15) is 5.10 Å². The highest BCUT2D eigenvalue weighted by Crippen LogP contribution is 2.41. The topological polar surface area (TPSA) is 47.8 Å². The highest BCUT2D eigenvalue weighted by Gasteiger charge is 2.40. The Morgan fingerprint density at radius 1 is 1.26 bits per heavy atom. The monoisotopic (exact) mass is 407 g/mol. The van der Waals surface area contributed by atoms with E-state index in [4.69, 9.17) is 23.2 Å². The normalized spacial score (nSPS) is 18.8. The molecular formula is C21H27Cl2N3O. The largest absolute Gasteiger partial charge is 0.297 e. The molecule has 2 aromatic rings. The second kappa shape index (κ2) is 8.74. The Hall–Kier alpha value is -1.39. The van der Waals surface area contributed by atoms with Crippen molar-refractivity contribution in [3.8, 4) is 0 Å². The predicted molar refractivity (Wildman–Crippen MR) is 109 cm³/mol. The molecule has 2 unspecified atom stereocenters. The number of hydrogen-bond acceptors (Lipinski definition) is 3. The van der Waals surface area contributed by atoms with Gasteiger partial charge in [-0.05, 0) is 49.3 Å². The van der Waals surface area contributed by atoms with Crippen molar-refractivity contribution in [1.29, 1.82) is 0 Å². The van der Waals surface area contributed by atoms with Crippen molar-refractivity contribution in [2.45, 2.75) is 64.8 Å². The van der Waals surface area contributed by atoms with Crippen molar-refractivity contribution < 1.29 is 4.79 Å². The van der Waals surface area contributed by atoms with Crippen LogP contribution < -0.4 is 0 Å². The van der Waals surface area contributed by atoms with Crippen LogP contribution in [0.4, 0.5) is 0 Å². The van der Waals surface area contributed by atoms with Gasteiger partial charge in [-0.3, -0.25) is 4.79 Å². The van der Waals surface area contributed by atoms with Crippen LogP contribution in [-0.2, 0) is 11.2 Å². The summed E-state index contributed by atoms with van der Waals surface area (Å²) in [5.74, 6) is 0.566. The summed E-state index contributed by atoms with van der Waals surface area (Å²) >= 11 is 12.3. The highest BCUT2D eigenvalue weighted by atomic mass is 35.5. The highest BCUT2D eigenvalue weighted by molar-refractivity contribution is 6.35. The van der Waals surface area contributed by atoms with Crippen LogP contribution in [0.25, 0.3) is 0 Å². The molecule has 0 N–H and O–H groups in total. The molecule has 2 atom stereocenters. The van der Waals surface area contributed by atoms with E-state index < -0.39 is 0 Å². The summed E-state index contributed by atoms with van der Waals surface area (Å²) in [6.45, 7) is 4.28. The zero-order chi connectivity index (χ0) is 19.4. The van der Waals surface area contributed by atoms with E-state index in [0.29, 0.717) is 15.8 Å². The summed E-state index contributed by atoms with van der Waals surface area (Å²) in [6.07, 6.45) is 10.1. The summed E-state index contributed by atoms with van der Waals surface area (Å²) < 4.78 is 1.74. The molecule has 1 saturated carbocycles. The third kappa shape index (κ3) is 4.91. The Morgan fingerprint density at radius 3 is 2.63 bits per heavy atom. The van der Waals surface area contributed by atoms with E-state index in [0.717, 1.165) is 44.1 Å². The Morgan fingerprint density at radius 2 is 2.00 bits per heavy atom. The number of aromatic nitrogens is 3. The van der Waals surface area contributed by atoms with Gasteiger partial charge in [0.2, 0.25) is 0 Å².